The molecule has 0 bridgehead atoms. The predicted octanol–water partition coefficient (Wildman–Crippen LogP) is 2.12. The second kappa shape index (κ2) is 6.08. The molecule has 8 heteroatoms. The molecule has 1 aromatic rings. The first-order chi connectivity index (χ1) is 11.3. The van der Waals surface area contributed by atoms with Gasteiger partial charge in [0.2, 0.25) is 5.91 Å². The first-order valence-corrected chi connectivity index (χ1v) is 7.57. The summed E-state index contributed by atoms with van der Waals surface area (Å²) in [6, 6.07) is 5.01. The molecule has 2 fully saturated rings. The molecule has 0 aromatic heterocycles. The molecule has 1 saturated carbocycles. The highest BCUT2D eigenvalue weighted by Crippen LogP contribution is 2.49. The van der Waals surface area contributed by atoms with Gasteiger partial charge in [-0.1, -0.05) is 18.2 Å². The Labute approximate surface area is 136 Å². The molecule has 1 N–H and O–H groups in total. The Morgan fingerprint density at radius 3 is 2.71 bits per heavy atom. The summed E-state index contributed by atoms with van der Waals surface area (Å²) < 4.78 is 43.4. The van der Waals surface area contributed by atoms with Gasteiger partial charge in [0.1, 0.15) is 0 Å². The van der Waals surface area contributed by atoms with E-state index in [1.165, 1.54) is 11.0 Å². The van der Waals surface area contributed by atoms with Crippen LogP contribution in [-0.4, -0.2) is 47.7 Å². The zero-order valence-corrected chi connectivity index (χ0v) is 12.6. The molecule has 3 rings (SSSR count). The number of nitrogens with zero attached hydrogens (tertiary/aromatic N) is 1. The number of halogens is 3. The van der Waals surface area contributed by atoms with E-state index in [1.807, 2.05) is 0 Å². The SMILES string of the molecule is O=C(O)C1CN(C(=O)C2CC2c2cccc(C(F)(F)F)c2)CCO1. The van der Waals surface area contributed by atoms with Crippen LogP contribution in [0.1, 0.15) is 23.5 Å². The van der Waals surface area contributed by atoms with Crippen LogP contribution in [0, 0.1) is 5.92 Å². The molecular weight excluding hydrogens is 327 g/mol. The van der Waals surface area contributed by atoms with Crippen LogP contribution >= 0.6 is 0 Å². The van der Waals surface area contributed by atoms with Gasteiger partial charge in [0, 0.05) is 12.5 Å². The average molecular weight is 343 g/mol. The molecule has 1 heterocycles. The minimum absolute atomic E-state index is 0.0278. The number of carboxylic acid groups (broad SMARTS) is 1. The fourth-order valence-corrected chi connectivity index (χ4v) is 3.02. The Bertz CT molecular complexity index is 661. The second-order valence-electron chi connectivity index (χ2n) is 6.05. The van der Waals surface area contributed by atoms with E-state index < -0.39 is 23.8 Å². The van der Waals surface area contributed by atoms with Crippen LogP contribution in [-0.2, 0) is 20.5 Å². The van der Waals surface area contributed by atoms with E-state index in [0.717, 1.165) is 12.1 Å². The van der Waals surface area contributed by atoms with Gasteiger partial charge < -0.3 is 14.7 Å². The number of amides is 1. The number of hydrogen-bond acceptors (Lipinski definition) is 3. The Balaban J connectivity index is 1.67. The molecule has 1 aromatic carbocycles. The summed E-state index contributed by atoms with van der Waals surface area (Å²) in [5.74, 6) is -1.98. The number of carboxylic acids is 1. The number of carbonyl (C=O) groups excluding carboxylic acids is 1. The van der Waals surface area contributed by atoms with E-state index in [2.05, 4.69) is 0 Å². The van der Waals surface area contributed by atoms with Gasteiger partial charge in [-0.15, -0.1) is 0 Å². The number of carbonyl (C=O) groups is 2. The lowest BCUT2D eigenvalue weighted by Crippen LogP contribution is -2.49. The van der Waals surface area contributed by atoms with Crippen molar-refractivity contribution in [3.63, 3.8) is 0 Å². The predicted molar refractivity (Wildman–Crippen MR) is 76.2 cm³/mol. The van der Waals surface area contributed by atoms with E-state index >= 15 is 0 Å². The maximum atomic E-state index is 12.8. The molecule has 24 heavy (non-hydrogen) atoms. The van der Waals surface area contributed by atoms with Gasteiger partial charge in [-0.25, -0.2) is 4.79 Å². The summed E-state index contributed by atoms with van der Waals surface area (Å²) in [6.07, 6.45) is -4.98. The summed E-state index contributed by atoms with van der Waals surface area (Å²) in [7, 11) is 0. The topological polar surface area (TPSA) is 66.8 Å². The quantitative estimate of drug-likeness (QED) is 0.913. The largest absolute Gasteiger partial charge is 0.479 e. The number of alkyl halides is 3. The van der Waals surface area contributed by atoms with Crippen molar-refractivity contribution in [3.8, 4) is 0 Å². The average Bonchev–Trinajstić information content (AvgIpc) is 3.34. The van der Waals surface area contributed by atoms with Crippen LogP contribution in [0.3, 0.4) is 0 Å². The fourth-order valence-electron chi connectivity index (χ4n) is 3.02. The van der Waals surface area contributed by atoms with Gasteiger partial charge in [0.05, 0.1) is 18.7 Å². The number of aliphatic carboxylic acids is 1. The number of morpholine rings is 1. The minimum Gasteiger partial charge on any atom is -0.479 e. The highest BCUT2D eigenvalue weighted by molar-refractivity contribution is 5.84. The van der Waals surface area contributed by atoms with Crippen LogP contribution < -0.4 is 0 Å². The Morgan fingerprint density at radius 2 is 2.04 bits per heavy atom. The zero-order valence-electron chi connectivity index (χ0n) is 12.6. The smallest absolute Gasteiger partial charge is 0.416 e. The van der Waals surface area contributed by atoms with Crippen molar-refractivity contribution in [3.05, 3.63) is 35.4 Å². The minimum atomic E-state index is -4.41. The summed E-state index contributed by atoms with van der Waals surface area (Å²) in [5.41, 5.74) is -0.235. The molecule has 0 radical (unpaired) electrons. The second-order valence-corrected chi connectivity index (χ2v) is 6.05. The van der Waals surface area contributed by atoms with Crippen molar-refractivity contribution < 1.29 is 32.6 Å². The van der Waals surface area contributed by atoms with Gasteiger partial charge in [-0.2, -0.15) is 13.2 Å². The third kappa shape index (κ3) is 3.38. The number of ether oxygens (including phenoxy) is 1. The third-order valence-corrected chi connectivity index (χ3v) is 4.40. The van der Waals surface area contributed by atoms with Crippen molar-refractivity contribution in [1.82, 2.24) is 4.90 Å². The van der Waals surface area contributed by atoms with Gasteiger partial charge in [0.25, 0.3) is 0 Å². The molecule has 3 unspecified atom stereocenters. The zero-order chi connectivity index (χ0) is 17.5. The van der Waals surface area contributed by atoms with Gasteiger partial charge in [0.15, 0.2) is 6.10 Å². The van der Waals surface area contributed by atoms with Crippen molar-refractivity contribution in [2.24, 2.45) is 5.92 Å². The third-order valence-electron chi connectivity index (χ3n) is 4.40. The molecule has 1 aliphatic carbocycles. The van der Waals surface area contributed by atoms with Gasteiger partial charge in [-0.05, 0) is 24.0 Å². The summed E-state index contributed by atoms with van der Waals surface area (Å²) in [4.78, 5) is 24.8. The Morgan fingerprint density at radius 1 is 1.29 bits per heavy atom. The number of rotatable bonds is 3. The van der Waals surface area contributed by atoms with Crippen LogP contribution in [0.4, 0.5) is 13.2 Å². The lowest BCUT2D eigenvalue weighted by atomic mass is 10.0. The lowest BCUT2D eigenvalue weighted by molar-refractivity contribution is -0.159. The lowest BCUT2D eigenvalue weighted by Gasteiger charge is -2.31. The van der Waals surface area contributed by atoms with Crippen molar-refractivity contribution in [2.75, 3.05) is 19.7 Å². The maximum absolute atomic E-state index is 12.8. The van der Waals surface area contributed by atoms with Gasteiger partial charge >= 0.3 is 12.1 Å². The highest BCUT2D eigenvalue weighted by Gasteiger charge is 2.47. The Hall–Kier alpha value is -2.09. The van der Waals surface area contributed by atoms with E-state index in [9.17, 15) is 22.8 Å². The highest BCUT2D eigenvalue weighted by atomic mass is 19.4. The van der Waals surface area contributed by atoms with Crippen molar-refractivity contribution >= 4 is 11.9 Å². The summed E-state index contributed by atoms with van der Waals surface area (Å²) in [5, 5.41) is 8.96. The van der Waals surface area contributed by atoms with Crippen molar-refractivity contribution in [2.45, 2.75) is 24.6 Å². The summed E-state index contributed by atoms with van der Waals surface area (Å²) >= 11 is 0. The van der Waals surface area contributed by atoms with E-state index in [0.29, 0.717) is 18.5 Å². The molecule has 1 aliphatic heterocycles. The molecule has 130 valence electrons. The summed E-state index contributed by atoms with van der Waals surface area (Å²) in [6.45, 7) is 0.415. The maximum Gasteiger partial charge on any atom is 0.416 e. The van der Waals surface area contributed by atoms with Crippen LogP contribution in [0.25, 0.3) is 0 Å². The van der Waals surface area contributed by atoms with Crippen LogP contribution in [0.2, 0.25) is 0 Å². The van der Waals surface area contributed by atoms with E-state index in [1.54, 1.807) is 6.07 Å². The molecule has 1 saturated heterocycles. The Kier molecular flexibility index (Phi) is 4.25. The number of hydrogen-bond donors (Lipinski definition) is 1. The number of benzene rings is 1. The fraction of sp³-hybridized carbons (Fsp3) is 0.500. The molecule has 2 aliphatic rings. The standard InChI is InChI=1S/C16H16F3NO4/c17-16(18,19)10-3-1-2-9(6-10)11-7-12(11)14(21)20-4-5-24-13(8-20)15(22)23/h1-3,6,11-13H,4-5,7-8H2,(H,22,23). The first kappa shape index (κ1) is 16.8. The molecule has 5 nitrogen and oxygen atoms in total. The normalized spacial score (nSPS) is 27.0. The molecule has 3 atom stereocenters. The first-order valence-electron chi connectivity index (χ1n) is 7.57. The van der Waals surface area contributed by atoms with Crippen LogP contribution in [0.15, 0.2) is 24.3 Å². The van der Waals surface area contributed by atoms with E-state index in [-0.39, 0.29) is 30.9 Å². The van der Waals surface area contributed by atoms with Crippen LogP contribution in [0.5, 0.6) is 0 Å². The monoisotopic (exact) mass is 343 g/mol. The van der Waals surface area contributed by atoms with E-state index in [4.69, 9.17) is 9.84 Å². The molecule has 0 spiro atoms. The van der Waals surface area contributed by atoms with Crippen molar-refractivity contribution in [1.29, 1.82) is 0 Å². The molecular formula is C16H16F3NO4. The molecule has 1 amide bonds. The van der Waals surface area contributed by atoms with Gasteiger partial charge in [-0.3, -0.25) is 4.79 Å².